The highest BCUT2D eigenvalue weighted by molar-refractivity contribution is 6.00. The summed E-state index contributed by atoms with van der Waals surface area (Å²) in [6.07, 6.45) is 0.351. The number of ketones is 1. The van der Waals surface area contributed by atoms with Gasteiger partial charge in [-0.15, -0.1) is 0 Å². The van der Waals surface area contributed by atoms with Gasteiger partial charge in [-0.1, -0.05) is 12.1 Å². The summed E-state index contributed by atoms with van der Waals surface area (Å²) in [5.41, 5.74) is 3.56. The molecule has 0 radical (unpaired) electrons. The highest BCUT2D eigenvalue weighted by atomic mass is 16.5. The smallest absolute Gasteiger partial charge is 0.224 e. The fraction of sp³-hybridized carbons (Fsp3) is 0.300. The molecule has 0 saturated carbocycles. The fourth-order valence-corrected chi connectivity index (χ4v) is 2.37. The van der Waals surface area contributed by atoms with Gasteiger partial charge in [0.1, 0.15) is 5.75 Å². The number of anilines is 1. The zero-order valence-corrected chi connectivity index (χ0v) is 14.4. The van der Waals surface area contributed by atoms with Crippen LogP contribution in [0.25, 0.3) is 0 Å². The Labute approximate surface area is 142 Å². The van der Waals surface area contributed by atoms with Gasteiger partial charge < -0.3 is 10.1 Å². The van der Waals surface area contributed by atoms with Crippen LogP contribution < -0.4 is 10.1 Å². The van der Waals surface area contributed by atoms with Crippen LogP contribution in [0.4, 0.5) is 5.69 Å². The van der Waals surface area contributed by atoms with Crippen molar-refractivity contribution in [3.63, 3.8) is 0 Å². The van der Waals surface area contributed by atoms with E-state index in [9.17, 15) is 9.59 Å². The quantitative estimate of drug-likeness (QED) is 0.772. The largest absolute Gasteiger partial charge is 0.494 e. The molecule has 2 aromatic rings. The Morgan fingerprint density at radius 3 is 2.38 bits per heavy atom. The van der Waals surface area contributed by atoms with E-state index in [2.05, 4.69) is 5.32 Å². The standard InChI is InChI=1S/C20H23NO3/c1-4-24-17-10-8-16(9-11-17)19(22)12-13-20(23)21-18-7-5-6-14(2)15(18)3/h5-11H,4,12-13H2,1-3H3,(H,21,23). The molecule has 1 amide bonds. The summed E-state index contributed by atoms with van der Waals surface area (Å²) in [6, 6.07) is 12.8. The van der Waals surface area contributed by atoms with Gasteiger partial charge >= 0.3 is 0 Å². The number of benzene rings is 2. The maximum Gasteiger partial charge on any atom is 0.224 e. The molecule has 0 aliphatic heterocycles. The molecule has 4 heteroatoms. The number of Topliss-reactive ketones (excluding diaryl/α,β-unsaturated/α-hetero) is 1. The Kier molecular flexibility index (Phi) is 6.13. The molecule has 4 nitrogen and oxygen atoms in total. The summed E-state index contributed by atoms with van der Waals surface area (Å²) < 4.78 is 5.35. The van der Waals surface area contributed by atoms with Crippen LogP contribution in [0.2, 0.25) is 0 Å². The lowest BCUT2D eigenvalue weighted by atomic mass is 10.1. The van der Waals surface area contributed by atoms with Gasteiger partial charge in [0.25, 0.3) is 0 Å². The van der Waals surface area contributed by atoms with Crippen LogP contribution in [-0.4, -0.2) is 18.3 Å². The summed E-state index contributed by atoms with van der Waals surface area (Å²) in [6.45, 7) is 6.47. The van der Waals surface area contributed by atoms with E-state index in [-0.39, 0.29) is 24.5 Å². The molecule has 0 spiro atoms. The number of carbonyl (C=O) groups is 2. The molecule has 0 aliphatic carbocycles. The monoisotopic (exact) mass is 325 g/mol. The molecule has 0 aromatic heterocycles. The van der Waals surface area contributed by atoms with Gasteiger partial charge in [0.15, 0.2) is 5.78 Å². The van der Waals surface area contributed by atoms with Crippen LogP contribution in [0.1, 0.15) is 41.3 Å². The number of hydrogen-bond donors (Lipinski definition) is 1. The number of nitrogens with one attached hydrogen (secondary N) is 1. The Hall–Kier alpha value is -2.62. The normalized spacial score (nSPS) is 10.3. The number of ether oxygens (including phenoxy) is 1. The minimum atomic E-state index is -0.150. The van der Waals surface area contributed by atoms with Crippen molar-refractivity contribution < 1.29 is 14.3 Å². The van der Waals surface area contributed by atoms with Gasteiger partial charge in [-0.05, 0) is 62.2 Å². The summed E-state index contributed by atoms with van der Waals surface area (Å²) in [5.74, 6) is 0.541. The van der Waals surface area contributed by atoms with Crippen LogP contribution in [0.5, 0.6) is 5.75 Å². The van der Waals surface area contributed by atoms with Crippen molar-refractivity contribution in [3.8, 4) is 5.75 Å². The Morgan fingerprint density at radius 2 is 1.71 bits per heavy atom. The van der Waals surface area contributed by atoms with Crippen molar-refractivity contribution in [2.45, 2.75) is 33.6 Å². The molecule has 0 heterocycles. The predicted molar refractivity (Wildman–Crippen MR) is 95.7 cm³/mol. The van der Waals surface area contributed by atoms with Gasteiger partial charge in [-0.3, -0.25) is 9.59 Å². The predicted octanol–water partition coefficient (Wildman–Crippen LogP) is 4.30. The first-order valence-electron chi connectivity index (χ1n) is 8.13. The summed E-state index contributed by atoms with van der Waals surface area (Å²) >= 11 is 0. The van der Waals surface area contributed by atoms with Crippen LogP contribution >= 0.6 is 0 Å². The van der Waals surface area contributed by atoms with Crippen LogP contribution in [0.15, 0.2) is 42.5 Å². The van der Waals surface area contributed by atoms with Gasteiger partial charge in [0.2, 0.25) is 5.91 Å². The van der Waals surface area contributed by atoms with Gasteiger partial charge in [0, 0.05) is 24.1 Å². The summed E-state index contributed by atoms with van der Waals surface area (Å²) in [4.78, 5) is 24.2. The Bertz CT molecular complexity index is 720. The topological polar surface area (TPSA) is 55.4 Å². The molecule has 2 rings (SSSR count). The molecule has 1 N–H and O–H groups in total. The van der Waals surface area contributed by atoms with Crippen molar-refractivity contribution in [1.29, 1.82) is 0 Å². The number of rotatable bonds is 7. The number of hydrogen-bond acceptors (Lipinski definition) is 3. The zero-order chi connectivity index (χ0) is 17.5. The minimum Gasteiger partial charge on any atom is -0.494 e. The van der Waals surface area contributed by atoms with E-state index in [1.54, 1.807) is 24.3 Å². The molecule has 0 fully saturated rings. The average molecular weight is 325 g/mol. The molecule has 24 heavy (non-hydrogen) atoms. The first-order valence-corrected chi connectivity index (χ1v) is 8.13. The number of amides is 1. The summed E-state index contributed by atoms with van der Waals surface area (Å²) in [5, 5.41) is 2.87. The second kappa shape index (κ2) is 8.29. The fourth-order valence-electron chi connectivity index (χ4n) is 2.37. The molecule has 0 atom stereocenters. The van der Waals surface area contributed by atoms with Gasteiger partial charge in [-0.2, -0.15) is 0 Å². The third-order valence-electron chi connectivity index (χ3n) is 3.95. The second-order valence-corrected chi connectivity index (χ2v) is 5.68. The third kappa shape index (κ3) is 4.69. The average Bonchev–Trinajstić information content (AvgIpc) is 2.58. The number of aryl methyl sites for hydroxylation is 1. The summed E-state index contributed by atoms with van der Waals surface area (Å²) in [7, 11) is 0. The van der Waals surface area contributed by atoms with Crippen LogP contribution in [0.3, 0.4) is 0 Å². The Morgan fingerprint density at radius 1 is 1.00 bits per heavy atom. The van der Waals surface area contributed by atoms with Crippen LogP contribution in [-0.2, 0) is 4.79 Å². The molecule has 0 bridgehead atoms. The van der Waals surface area contributed by atoms with Crippen molar-refractivity contribution in [1.82, 2.24) is 0 Å². The lowest BCUT2D eigenvalue weighted by molar-refractivity contribution is -0.116. The van der Waals surface area contributed by atoms with E-state index < -0.39 is 0 Å². The molecule has 2 aromatic carbocycles. The molecule has 0 unspecified atom stereocenters. The Balaban J connectivity index is 1.89. The number of carbonyl (C=O) groups excluding carboxylic acids is 2. The molecular formula is C20H23NO3. The van der Waals surface area contributed by atoms with Crippen molar-refractivity contribution in [2.75, 3.05) is 11.9 Å². The maximum absolute atomic E-state index is 12.2. The first kappa shape index (κ1) is 17.7. The van der Waals surface area contributed by atoms with E-state index in [1.165, 1.54) is 0 Å². The molecule has 126 valence electrons. The highest BCUT2D eigenvalue weighted by Crippen LogP contribution is 2.19. The third-order valence-corrected chi connectivity index (χ3v) is 3.95. The van der Waals surface area contributed by atoms with E-state index in [1.807, 2.05) is 39.0 Å². The SMILES string of the molecule is CCOc1ccc(C(=O)CCC(=O)Nc2cccc(C)c2C)cc1. The molecule has 0 aliphatic rings. The van der Waals surface area contributed by atoms with Crippen molar-refractivity contribution in [3.05, 3.63) is 59.2 Å². The van der Waals surface area contributed by atoms with Crippen molar-refractivity contribution >= 4 is 17.4 Å². The van der Waals surface area contributed by atoms with E-state index >= 15 is 0 Å². The second-order valence-electron chi connectivity index (χ2n) is 5.68. The van der Waals surface area contributed by atoms with E-state index in [0.29, 0.717) is 12.2 Å². The van der Waals surface area contributed by atoms with Crippen molar-refractivity contribution in [2.24, 2.45) is 0 Å². The van der Waals surface area contributed by atoms with Gasteiger partial charge in [0.05, 0.1) is 6.61 Å². The van der Waals surface area contributed by atoms with Gasteiger partial charge in [-0.25, -0.2) is 0 Å². The highest BCUT2D eigenvalue weighted by Gasteiger charge is 2.11. The molecular weight excluding hydrogens is 302 g/mol. The lowest BCUT2D eigenvalue weighted by Gasteiger charge is -2.10. The lowest BCUT2D eigenvalue weighted by Crippen LogP contribution is -2.14. The van der Waals surface area contributed by atoms with E-state index in [0.717, 1.165) is 22.6 Å². The minimum absolute atomic E-state index is 0.0471. The van der Waals surface area contributed by atoms with E-state index in [4.69, 9.17) is 4.74 Å². The molecule has 0 saturated heterocycles. The zero-order valence-electron chi connectivity index (χ0n) is 14.4. The van der Waals surface area contributed by atoms with Crippen LogP contribution in [0, 0.1) is 13.8 Å². The first-order chi connectivity index (χ1) is 11.5. The maximum atomic E-state index is 12.2.